The van der Waals surface area contributed by atoms with Gasteiger partial charge in [0, 0.05) is 18.4 Å². The van der Waals surface area contributed by atoms with Crippen LogP contribution in [0.4, 0.5) is 0 Å². The standard InChI is InChI=1S/C15H17NO2/c1-10-6-11(2)8-13(7-10)9-16-5-4-14(12(16)3)15(17)18/h4-8H,9H2,1-3H3,(H,17,18). The predicted octanol–water partition coefficient (Wildman–Crippen LogP) is 3.16. The zero-order valence-electron chi connectivity index (χ0n) is 10.9. The quantitative estimate of drug-likeness (QED) is 0.899. The second-order valence-corrected chi connectivity index (χ2v) is 4.74. The Morgan fingerprint density at radius 3 is 2.28 bits per heavy atom. The number of benzene rings is 1. The molecule has 1 aromatic heterocycles. The van der Waals surface area contributed by atoms with Crippen molar-refractivity contribution in [2.45, 2.75) is 27.3 Å². The molecule has 2 rings (SSSR count). The number of hydrogen-bond acceptors (Lipinski definition) is 1. The van der Waals surface area contributed by atoms with E-state index >= 15 is 0 Å². The van der Waals surface area contributed by atoms with Gasteiger partial charge in [0.2, 0.25) is 0 Å². The maximum Gasteiger partial charge on any atom is 0.337 e. The maximum atomic E-state index is 11.0. The number of aromatic nitrogens is 1. The molecule has 2 aromatic rings. The number of carboxylic acids is 1. The highest BCUT2D eigenvalue weighted by Gasteiger charge is 2.11. The van der Waals surface area contributed by atoms with Gasteiger partial charge in [-0.1, -0.05) is 29.3 Å². The van der Waals surface area contributed by atoms with Crippen LogP contribution in [0.15, 0.2) is 30.5 Å². The molecule has 0 radical (unpaired) electrons. The number of aromatic carboxylic acids is 1. The molecule has 0 fully saturated rings. The summed E-state index contributed by atoms with van der Waals surface area (Å²) >= 11 is 0. The van der Waals surface area contributed by atoms with E-state index in [2.05, 4.69) is 32.0 Å². The van der Waals surface area contributed by atoms with E-state index in [1.54, 1.807) is 6.07 Å². The van der Waals surface area contributed by atoms with Crippen molar-refractivity contribution in [3.63, 3.8) is 0 Å². The number of carbonyl (C=O) groups is 1. The van der Waals surface area contributed by atoms with E-state index < -0.39 is 5.97 Å². The first-order valence-electron chi connectivity index (χ1n) is 5.93. The summed E-state index contributed by atoms with van der Waals surface area (Å²) in [6.07, 6.45) is 1.83. The maximum absolute atomic E-state index is 11.0. The number of hydrogen-bond donors (Lipinski definition) is 1. The van der Waals surface area contributed by atoms with Gasteiger partial charge in [-0.25, -0.2) is 4.79 Å². The summed E-state index contributed by atoms with van der Waals surface area (Å²) in [7, 11) is 0. The first-order valence-corrected chi connectivity index (χ1v) is 5.93. The van der Waals surface area contributed by atoms with Crippen molar-refractivity contribution in [2.24, 2.45) is 0 Å². The van der Waals surface area contributed by atoms with Crippen molar-refractivity contribution in [2.75, 3.05) is 0 Å². The molecule has 1 N–H and O–H groups in total. The third-order valence-electron chi connectivity index (χ3n) is 3.11. The monoisotopic (exact) mass is 243 g/mol. The van der Waals surface area contributed by atoms with Gasteiger partial charge in [0.25, 0.3) is 0 Å². The Bertz CT molecular complexity index is 576. The molecule has 3 nitrogen and oxygen atoms in total. The smallest absolute Gasteiger partial charge is 0.337 e. The largest absolute Gasteiger partial charge is 0.478 e. The molecule has 0 aliphatic rings. The third kappa shape index (κ3) is 2.45. The predicted molar refractivity (Wildman–Crippen MR) is 71.1 cm³/mol. The highest BCUT2D eigenvalue weighted by Crippen LogP contribution is 2.15. The molecule has 94 valence electrons. The fraction of sp³-hybridized carbons (Fsp3) is 0.267. The normalized spacial score (nSPS) is 10.6. The van der Waals surface area contributed by atoms with Crippen molar-refractivity contribution < 1.29 is 9.90 Å². The Labute approximate surface area is 107 Å². The first-order chi connectivity index (χ1) is 8.47. The van der Waals surface area contributed by atoms with Gasteiger partial charge in [-0.2, -0.15) is 0 Å². The molecule has 0 amide bonds. The molecule has 0 aliphatic carbocycles. The summed E-state index contributed by atoms with van der Waals surface area (Å²) in [4.78, 5) is 11.0. The highest BCUT2D eigenvalue weighted by molar-refractivity contribution is 5.88. The lowest BCUT2D eigenvalue weighted by atomic mass is 10.1. The van der Waals surface area contributed by atoms with Crippen LogP contribution in [-0.2, 0) is 6.54 Å². The lowest BCUT2D eigenvalue weighted by Gasteiger charge is -2.09. The van der Waals surface area contributed by atoms with Crippen LogP contribution < -0.4 is 0 Å². The van der Waals surface area contributed by atoms with Crippen LogP contribution in [0.1, 0.15) is 32.7 Å². The second-order valence-electron chi connectivity index (χ2n) is 4.74. The van der Waals surface area contributed by atoms with Crippen LogP contribution in [-0.4, -0.2) is 15.6 Å². The van der Waals surface area contributed by atoms with Gasteiger partial charge in [0.1, 0.15) is 0 Å². The number of rotatable bonds is 3. The molecule has 0 bridgehead atoms. The number of carboxylic acid groups (broad SMARTS) is 1. The summed E-state index contributed by atoms with van der Waals surface area (Å²) in [6.45, 7) is 6.69. The van der Waals surface area contributed by atoms with Crippen LogP contribution in [0.2, 0.25) is 0 Å². The van der Waals surface area contributed by atoms with Crippen LogP contribution in [0.3, 0.4) is 0 Å². The summed E-state index contributed by atoms with van der Waals surface area (Å²) in [6, 6.07) is 8.05. The third-order valence-corrected chi connectivity index (χ3v) is 3.11. The molecule has 3 heteroatoms. The SMILES string of the molecule is Cc1cc(C)cc(Cn2ccc(C(=O)O)c2C)c1. The Morgan fingerprint density at radius 1 is 1.17 bits per heavy atom. The molecule has 0 atom stereocenters. The minimum absolute atomic E-state index is 0.374. The lowest BCUT2D eigenvalue weighted by molar-refractivity contribution is 0.0696. The van der Waals surface area contributed by atoms with Gasteiger partial charge in [-0.05, 0) is 32.4 Å². The van der Waals surface area contributed by atoms with E-state index in [0.29, 0.717) is 12.1 Å². The van der Waals surface area contributed by atoms with Gasteiger partial charge in [-0.15, -0.1) is 0 Å². The van der Waals surface area contributed by atoms with Crippen LogP contribution in [0.25, 0.3) is 0 Å². The van der Waals surface area contributed by atoms with E-state index in [0.717, 1.165) is 5.69 Å². The molecular weight excluding hydrogens is 226 g/mol. The topological polar surface area (TPSA) is 42.2 Å². The second kappa shape index (κ2) is 4.69. The molecule has 1 aromatic carbocycles. The van der Waals surface area contributed by atoms with E-state index in [-0.39, 0.29) is 0 Å². The van der Waals surface area contributed by atoms with Crippen molar-refractivity contribution in [1.82, 2.24) is 4.57 Å². The number of aryl methyl sites for hydroxylation is 2. The molecule has 0 aliphatic heterocycles. The molecule has 0 unspecified atom stereocenters. The van der Waals surface area contributed by atoms with Gasteiger partial charge < -0.3 is 9.67 Å². The van der Waals surface area contributed by atoms with Crippen LogP contribution in [0, 0.1) is 20.8 Å². The van der Waals surface area contributed by atoms with Crippen molar-refractivity contribution in [1.29, 1.82) is 0 Å². The minimum Gasteiger partial charge on any atom is -0.478 e. The fourth-order valence-corrected chi connectivity index (χ4v) is 2.31. The summed E-state index contributed by atoms with van der Waals surface area (Å²) in [5, 5.41) is 9.02. The summed E-state index contributed by atoms with van der Waals surface area (Å²) < 4.78 is 1.97. The summed E-state index contributed by atoms with van der Waals surface area (Å²) in [5.41, 5.74) is 4.82. The molecular formula is C15H17NO2. The van der Waals surface area contributed by atoms with Crippen molar-refractivity contribution in [3.8, 4) is 0 Å². The van der Waals surface area contributed by atoms with Gasteiger partial charge in [-0.3, -0.25) is 0 Å². The fourth-order valence-electron chi connectivity index (χ4n) is 2.31. The first kappa shape index (κ1) is 12.4. The lowest BCUT2D eigenvalue weighted by Crippen LogP contribution is -2.04. The molecule has 18 heavy (non-hydrogen) atoms. The Balaban J connectivity index is 2.31. The zero-order valence-corrected chi connectivity index (χ0v) is 10.9. The zero-order chi connectivity index (χ0) is 13.3. The average Bonchev–Trinajstić information content (AvgIpc) is 2.59. The highest BCUT2D eigenvalue weighted by atomic mass is 16.4. The van der Waals surface area contributed by atoms with Crippen molar-refractivity contribution in [3.05, 3.63) is 58.4 Å². The Morgan fingerprint density at radius 2 is 1.78 bits per heavy atom. The van der Waals surface area contributed by atoms with Gasteiger partial charge in [0.15, 0.2) is 0 Å². The Hall–Kier alpha value is -2.03. The minimum atomic E-state index is -0.869. The van der Waals surface area contributed by atoms with Crippen LogP contribution in [0.5, 0.6) is 0 Å². The van der Waals surface area contributed by atoms with E-state index in [9.17, 15) is 4.79 Å². The summed E-state index contributed by atoms with van der Waals surface area (Å²) in [5.74, 6) is -0.869. The average molecular weight is 243 g/mol. The Kier molecular flexibility index (Phi) is 3.24. The van der Waals surface area contributed by atoms with Crippen molar-refractivity contribution >= 4 is 5.97 Å². The molecule has 0 spiro atoms. The van der Waals surface area contributed by atoms with Gasteiger partial charge >= 0.3 is 5.97 Å². The van der Waals surface area contributed by atoms with E-state index in [1.165, 1.54) is 16.7 Å². The molecule has 0 saturated carbocycles. The van der Waals surface area contributed by atoms with Gasteiger partial charge in [0.05, 0.1) is 5.56 Å². The molecule has 1 heterocycles. The van der Waals surface area contributed by atoms with Crippen LogP contribution >= 0.6 is 0 Å². The van der Waals surface area contributed by atoms with E-state index in [4.69, 9.17) is 5.11 Å². The molecule has 0 saturated heterocycles. The number of nitrogens with zero attached hydrogens (tertiary/aromatic N) is 1. The van der Waals surface area contributed by atoms with E-state index in [1.807, 2.05) is 17.7 Å².